The Hall–Kier alpha value is -0.810. The minimum Gasteiger partial charge on any atom is -0.444 e. The van der Waals surface area contributed by atoms with E-state index in [1.54, 1.807) is 7.05 Å². The van der Waals surface area contributed by atoms with Crippen molar-refractivity contribution in [2.45, 2.75) is 52.2 Å². The van der Waals surface area contributed by atoms with Crippen molar-refractivity contribution in [2.24, 2.45) is 0 Å². The minimum atomic E-state index is -0.491. The summed E-state index contributed by atoms with van der Waals surface area (Å²) in [6.07, 6.45) is 1.41. The smallest absolute Gasteiger partial charge is 0.410 e. The molecule has 0 heterocycles. The largest absolute Gasteiger partial charge is 0.444 e. The molecule has 0 aliphatic carbocycles. The van der Waals surface area contributed by atoms with Crippen LogP contribution in [0, 0.1) is 0 Å². The molecule has 0 radical (unpaired) electrons. The Kier molecular flexibility index (Phi) is 6.36. The van der Waals surface area contributed by atoms with E-state index in [4.69, 9.17) is 9.94 Å². The maximum Gasteiger partial charge on any atom is 0.410 e. The lowest BCUT2D eigenvalue weighted by Gasteiger charge is -2.30. The van der Waals surface area contributed by atoms with Gasteiger partial charge < -0.3 is 14.8 Å². The van der Waals surface area contributed by atoms with E-state index < -0.39 is 5.60 Å². The summed E-state index contributed by atoms with van der Waals surface area (Å²) in [5.41, 5.74) is 1.61. The molecule has 1 unspecified atom stereocenters. The number of rotatable bonds is 5. The molecule has 0 aliphatic heterocycles. The standard InChI is InChI=1S/C11H24N2O3/c1-6-7-9(8-12-15)13(5)10(14)16-11(2,3)4/h9,12,15H,6-8H2,1-5H3. The maximum atomic E-state index is 11.7. The topological polar surface area (TPSA) is 61.8 Å². The van der Waals surface area contributed by atoms with Crippen LogP contribution < -0.4 is 5.48 Å². The van der Waals surface area contributed by atoms with Crippen LogP contribution in [0.2, 0.25) is 0 Å². The third kappa shape index (κ3) is 5.92. The Bertz CT molecular complexity index is 208. The number of hydrogen-bond acceptors (Lipinski definition) is 4. The van der Waals surface area contributed by atoms with Crippen molar-refractivity contribution in [3.63, 3.8) is 0 Å². The normalized spacial score (nSPS) is 13.4. The molecule has 0 aromatic rings. The molecule has 16 heavy (non-hydrogen) atoms. The first-order valence-electron chi connectivity index (χ1n) is 5.64. The summed E-state index contributed by atoms with van der Waals surface area (Å²) in [7, 11) is 1.69. The van der Waals surface area contributed by atoms with Crippen molar-refractivity contribution in [2.75, 3.05) is 13.6 Å². The van der Waals surface area contributed by atoms with Crippen LogP contribution in [0.1, 0.15) is 40.5 Å². The average molecular weight is 232 g/mol. The SMILES string of the molecule is CCCC(CNO)N(C)C(=O)OC(C)(C)C. The quantitative estimate of drug-likeness (QED) is 0.712. The van der Waals surface area contributed by atoms with Crippen molar-refractivity contribution in [1.82, 2.24) is 10.4 Å². The number of carbonyl (C=O) groups is 1. The van der Waals surface area contributed by atoms with E-state index in [2.05, 4.69) is 5.48 Å². The van der Waals surface area contributed by atoms with Crippen LogP contribution >= 0.6 is 0 Å². The number of carbonyl (C=O) groups excluding carboxylic acids is 1. The van der Waals surface area contributed by atoms with Gasteiger partial charge in [-0.3, -0.25) is 0 Å². The number of hydroxylamine groups is 1. The Morgan fingerprint density at radius 2 is 2.06 bits per heavy atom. The molecular formula is C11H24N2O3. The first-order chi connectivity index (χ1) is 7.31. The van der Waals surface area contributed by atoms with Gasteiger partial charge in [-0.25, -0.2) is 10.3 Å². The molecule has 2 N–H and O–H groups in total. The second-order valence-corrected chi connectivity index (χ2v) is 4.90. The van der Waals surface area contributed by atoms with Gasteiger partial charge in [-0.2, -0.15) is 0 Å². The van der Waals surface area contributed by atoms with Crippen LogP contribution in [-0.4, -0.2) is 41.4 Å². The van der Waals surface area contributed by atoms with Crippen molar-refractivity contribution >= 4 is 6.09 Å². The summed E-state index contributed by atoms with van der Waals surface area (Å²) < 4.78 is 5.25. The molecule has 0 aliphatic rings. The lowest BCUT2D eigenvalue weighted by atomic mass is 10.1. The van der Waals surface area contributed by atoms with Gasteiger partial charge in [-0.1, -0.05) is 13.3 Å². The zero-order valence-corrected chi connectivity index (χ0v) is 10.9. The van der Waals surface area contributed by atoms with Crippen molar-refractivity contribution in [3.05, 3.63) is 0 Å². The zero-order valence-electron chi connectivity index (χ0n) is 10.9. The molecule has 0 bridgehead atoms. The van der Waals surface area contributed by atoms with Crippen LogP contribution in [0.4, 0.5) is 4.79 Å². The Morgan fingerprint density at radius 3 is 2.44 bits per heavy atom. The highest BCUT2D eigenvalue weighted by Crippen LogP contribution is 2.12. The molecule has 5 heteroatoms. The number of likely N-dealkylation sites (N-methyl/N-ethyl adjacent to an activating group) is 1. The number of ether oxygens (including phenoxy) is 1. The van der Waals surface area contributed by atoms with Crippen LogP contribution in [0.3, 0.4) is 0 Å². The summed E-state index contributed by atoms with van der Waals surface area (Å²) in [5, 5.41) is 8.70. The molecule has 0 spiro atoms. The van der Waals surface area contributed by atoms with E-state index in [-0.39, 0.29) is 12.1 Å². The van der Waals surface area contributed by atoms with Gasteiger partial charge in [0.2, 0.25) is 0 Å². The summed E-state index contributed by atoms with van der Waals surface area (Å²) in [5.74, 6) is 0. The molecule has 5 nitrogen and oxygen atoms in total. The molecule has 0 saturated carbocycles. The van der Waals surface area contributed by atoms with E-state index in [0.29, 0.717) is 6.54 Å². The van der Waals surface area contributed by atoms with Crippen LogP contribution in [0.5, 0.6) is 0 Å². The lowest BCUT2D eigenvalue weighted by Crippen LogP contribution is -2.45. The summed E-state index contributed by atoms with van der Waals surface area (Å²) in [6, 6.07) is -0.0511. The highest BCUT2D eigenvalue weighted by Gasteiger charge is 2.24. The fourth-order valence-electron chi connectivity index (χ4n) is 1.35. The Morgan fingerprint density at radius 1 is 1.50 bits per heavy atom. The summed E-state index contributed by atoms with van der Waals surface area (Å²) in [6.45, 7) is 7.88. The van der Waals surface area contributed by atoms with Gasteiger partial charge in [0.25, 0.3) is 0 Å². The molecule has 0 fully saturated rings. The van der Waals surface area contributed by atoms with Gasteiger partial charge in [0.05, 0.1) is 0 Å². The Balaban J connectivity index is 4.36. The summed E-state index contributed by atoms with van der Waals surface area (Å²) >= 11 is 0. The average Bonchev–Trinajstić information content (AvgIpc) is 2.13. The number of nitrogens with zero attached hydrogens (tertiary/aromatic N) is 1. The number of nitrogens with one attached hydrogen (secondary N) is 1. The van der Waals surface area contributed by atoms with Gasteiger partial charge in [0.15, 0.2) is 0 Å². The molecule has 0 rings (SSSR count). The molecule has 0 aromatic carbocycles. The van der Waals surface area contributed by atoms with E-state index in [0.717, 1.165) is 12.8 Å². The van der Waals surface area contributed by atoms with Gasteiger partial charge >= 0.3 is 6.09 Å². The fourth-order valence-corrected chi connectivity index (χ4v) is 1.35. The highest BCUT2D eigenvalue weighted by atomic mass is 16.6. The second kappa shape index (κ2) is 6.70. The highest BCUT2D eigenvalue weighted by molar-refractivity contribution is 5.68. The van der Waals surface area contributed by atoms with Crippen LogP contribution in [0.15, 0.2) is 0 Å². The Labute approximate surface area is 97.7 Å². The second-order valence-electron chi connectivity index (χ2n) is 4.90. The van der Waals surface area contributed by atoms with Crippen molar-refractivity contribution < 1.29 is 14.7 Å². The molecule has 0 aromatic heterocycles. The first kappa shape index (κ1) is 15.2. The predicted octanol–water partition coefficient (Wildman–Crippen LogP) is 2.00. The third-order valence-corrected chi connectivity index (χ3v) is 2.18. The molecule has 1 atom stereocenters. The van der Waals surface area contributed by atoms with Gasteiger partial charge in [0, 0.05) is 19.6 Å². The molecule has 1 amide bonds. The van der Waals surface area contributed by atoms with E-state index >= 15 is 0 Å². The van der Waals surface area contributed by atoms with Crippen LogP contribution in [0.25, 0.3) is 0 Å². The van der Waals surface area contributed by atoms with Crippen LogP contribution in [-0.2, 0) is 4.74 Å². The van der Waals surface area contributed by atoms with E-state index in [1.165, 1.54) is 4.90 Å². The molecule has 0 saturated heterocycles. The summed E-state index contributed by atoms with van der Waals surface area (Å²) in [4.78, 5) is 13.3. The zero-order chi connectivity index (χ0) is 12.8. The maximum absolute atomic E-state index is 11.7. The van der Waals surface area contributed by atoms with Gasteiger partial charge in [0.1, 0.15) is 5.60 Å². The predicted molar refractivity (Wildman–Crippen MR) is 62.5 cm³/mol. The lowest BCUT2D eigenvalue weighted by molar-refractivity contribution is 0.0175. The fraction of sp³-hybridized carbons (Fsp3) is 0.909. The monoisotopic (exact) mass is 232 g/mol. The van der Waals surface area contributed by atoms with E-state index in [9.17, 15) is 4.79 Å². The van der Waals surface area contributed by atoms with Gasteiger partial charge in [-0.05, 0) is 27.2 Å². The van der Waals surface area contributed by atoms with E-state index in [1.807, 2.05) is 27.7 Å². The van der Waals surface area contributed by atoms with Crippen molar-refractivity contribution in [1.29, 1.82) is 0 Å². The van der Waals surface area contributed by atoms with Crippen molar-refractivity contribution in [3.8, 4) is 0 Å². The minimum absolute atomic E-state index is 0.0511. The molecule has 96 valence electrons. The molecular weight excluding hydrogens is 208 g/mol. The van der Waals surface area contributed by atoms with Gasteiger partial charge in [-0.15, -0.1) is 0 Å². The third-order valence-electron chi connectivity index (χ3n) is 2.18. The number of amides is 1. The number of hydrogen-bond donors (Lipinski definition) is 2. The first-order valence-corrected chi connectivity index (χ1v) is 5.64.